The largest absolute Gasteiger partial charge is 0.456 e. The van der Waals surface area contributed by atoms with E-state index in [-0.39, 0.29) is 0 Å². The van der Waals surface area contributed by atoms with Crippen LogP contribution in [0.3, 0.4) is 0 Å². The van der Waals surface area contributed by atoms with Crippen LogP contribution in [-0.2, 0) is 5.66 Å². The average molecular weight is 545 g/mol. The average Bonchev–Trinajstić information content (AvgIpc) is 3.65. The van der Waals surface area contributed by atoms with Crippen molar-refractivity contribution in [1.82, 2.24) is 8.80 Å². The number of rotatable bonds is 0. The quantitative estimate of drug-likeness (QED) is 0.146. The van der Waals surface area contributed by atoms with Gasteiger partial charge in [-0.05, 0) is 100 Å². The summed E-state index contributed by atoms with van der Waals surface area (Å²) >= 11 is 0. The molecule has 3 aliphatic heterocycles. The van der Waals surface area contributed by atoms with Crippen LogP contribution >= 0.6 is 0 Å². The van der Waals surface area contributed by atoms with Gasteiger partial charge < -0.3 is 13.5 Å². The second-order valence-electron chi connectivity index (χ2n) is 12.8. The molecule has 200 valence electrons. The first-order valence-corrected chi connectivity index (χ1v) is 14.9. The number of hydrogen-bond donors (Lipinski definition) is 0. The Labute approximate surface area is 241 Å². The maximum Gasteiger partial charge on any atom is 0.425 e. The zero-order valence-corrected chi connectivity index (χ0v) is 24.5. The Bertz CT molecular complexity index is 2530. The predicted molar refractivity (Wildman–Crippen MR) is 165 cm³/mol. The Morgan fingerprint density at radius 2 is 1.02 bits per heavy atom. The summed E-state index contributed by atoms with van der Waals surface area (Å²) in [4.78, 5) is 0. The first-order chi connectivity index (χ1) is 20.4. The molecule has 42 heavy (non-hydrogen) atoms. The number of ether oxygens (including phenoxy) is 1. The highest BCUT2D eigenvalue weighted by atomic mass is 16.5. The van der Waals surface area contributed by atoms with E-state index in [4.69, 9.17) is 4.74 Å². The lowest BCUT2D eigenvalue weighted by Gasteiger charge is -2.26. The van der Waals surface area contributed by atoms with Crippen molar-refractivity contribution in [3.63, 3.8) is 0 Å². The van der Waals surface area contributed by atoms with Crippen LogP contribution in [0, 0.1) is 41.5 Å². The lowest BCUT2D eigenvalue weighted by Crippen LogP contribution is -2.72. The van der Waals surface area contributed by atoms with Crippen molar-refractivity contribution in [2.75, 3.05) is 0 Å². The molecule has 0 fully saturated rings. The molecule has 3 aliphatic rings. The number of pyridine rings is 4. The molecule has 5 nitrogen and oxygen atoms in total. The van der Waals surface area contributed by atoms with Crippen LogP contribution in [0.4, 0.5) is 0 Å². The highest BCUT2D eigenvalue weighted by Crippen LogP contribution is 2.58. The van der Waals surface area contributed by atoms with Gasteiger partial charge in [0, 0.05) is 34.3 Å². The predicted octanol–water partition coefficient (Wildman–Crippen LogP) is 7.26. The standard InChI is InChI=1S/C37H28N4O/c1-17-19(3)33-23-11-13-27-31-29(23)35-25(40(33)21(17)5)9-7-15-38(35)37(31)32-28(42-27)14-12-24-30(32)36-26(10-8-16-39(36)37)41-22(6)18(2)20(4)34(24)41/h7-16H,1-6H3/q+2. The number of benzene rings is 2. The van der Waals surface area contributed by atoms with Crippen molar-refractivity contribution in [3.8, 4) is 11.5 Å². The summed E-state index contributed by atoms with van der Waals surface area (Å²) in [6.45, 7) is 13.6. The van der Waals surface area contributed by atoms with Crippen LogP contribution in [0.1, 0.15) is 44.8 Å². The van der Waals surface area contributed by atoms with Crippen LogP contribution in [0.2, 0.25) is 0 Å². The van der Waals surface area contributed by atoms with Gasteiger partial charge in [-0.2, -0.15) is 0 Å². The Morgan fingerprint density at radius 3 is 1.48 bits per heavy atom. The molecule has 1 spiro atoms. The molecule has 0 atom stereocenters. The van der Waals surface area contributed by atoms with E-state index in [9.17, 15) is 0 Å². The van der Waals surface area contributed by atoms with Gasteiger partial charge in [0.05, 0.1) is 21.8 Å². The van der Waals surface area contributed by atoms with Gasteiger partial charge in [0.2, 0.25) is 11.0 Å². The first-order valence-electron chi connectivity index (χ1n) is 14.9. The van der Waals surface area contributed by atoms with E-state index in [1.165, 1.54) is 99.4 Å². The normalized spacial score (nSPS) is 15.3. The third-order valence-electron chi connectivity index (χ3n) is 11.4. The first kappa shape index (κ1) is 21.8. The summed E-state index contributed by atoms with van der Waals surface area (Å²) in [5.41, 5.74) is 17.7. The Morgan fingerprint density at radius 1 is 0.571 bits per heavy atom. The fraction of sp³-hybridized carbons (Fsp3) is 0.189. The van der Waals surface area contributed by atoms with E-state index in [0.717, 1.165) is 11.5 Å². The van der Waals surface area contributed by atoms with Crippen molar-refractivity contribution < 1.29 is 13.9 Å². The van der Waals surface area contributed by atoms with Crippen molar-refractivity contribution in [2.24, 2.45) is 0 Å². The molecule has 0 bridgehead atoms. The Balaban J connectivity index is 1.48. The summed E-state index contributed by atoms with van der Waals surface area (Å²) in [7, 11) is 0. The highest BCUT2D eigenvalue weighted by molar-refractivity contribution is 6.18. The SMILES string of the molecule is Cc1c(C)c2c3ccc4c5c3c3c(ccc[n+]3C53c5c(ccc6c5c5c(ccc[n+]53)n3c(C)c(C)c(C)c63)O4)n2c1C. The number of nitrogens with zero attached hydrogens (tertiary/aromatic N) is 4. The highest BCUT2D eigenvalue weighted by Gasteiger charge is 2.69. The van der Waals surface area contributed by atoms with Gasteiger partial charge in [-0.1, -0.05) is 0 Å². The lowest BCUT2D eigenvalue weighted by atomic mass is 9.85. The third kappa shape index (κ3) is 1.84. The number of hydrogen-bond acceptors (Lipinski definition) is 1. The minimum atomic E-state index is -0.571. The van der Waals surface area contributed by atoms with Crippen molar-refractivity contribution >= 4 is 54.6 Å². The monoisotopic (exact) mass is 544 g/mol. The van der Waals surface area contributed by atoms with Crippen LogP contribution in [-0.4, -0.2) is 8.80 Å². The van der Waals surface area contributed by atoms with Gasteiger partial charge in [0.1, 0.15) is 22.5 Å². The van der Waals surface area contributed by atoms with Gasteiger partial charge in [-0.15, -0.1) is 9.13 Å². The summed E-state index contributed by atoms with van der Waals surface area (Å²) in [6.07, 6.45) is 4.60. The molecule has 8 aromatic rings. The minimum Gasteiger partial charge on any atom is -0.456 e. The van der Waals surface area contributed by atoms with E-state index >= 15 is 0 Å². The maximum absolute atomic E-state index is 6.91. The molecule has 5 heteroatoms. The van der Waals surface area contributed by atoms with Gasteiger partial charge >= 0.3 is 5.66 Å². The molecule has 0 saturated carbocycles. The summed E-state index contributed by atoms with van der Waals surface area (Å²) in [6, 6.07) is 18.1. The van der Waals surface area contributed by atoms with Gasteiger partial charge in [-0.25, -0.2) is 0 Å². The molecular formula is C37H28N4O+2. The van der Waals surface area contributed by atoms with Gasteiger partial charge in [0.25, 0.3) is 0 Å². The molecule has 9 heterocycles. The summed E-state index contributed by atoms with van der Waals surface area (Å²) in [5, 5.41) is 5.22. The molecule has 0 amide bonds. The van der Waals surface area contributed by atoms with Gasteiger partial charge in [-0.3, -0.25) is 0 Å². The van der Waals surface area contributed by atoms with E-state index in [1.54, 1.807) is 0 Å². The van der Waals surface area contributed by atoms with Gasteiger partial charge in [0.15, 0.2) is 23.5 Å². The molecule has 6 aromatic heterocycles. The van der Waals surface area contributed by atoms with E-state index < -0.39 is 5.66 Å². The molecule has 0 saturated heterocycles. The fourth-order valence-corrected chi connectivity index (χ4v) is 9.30. The lowest BCUT2D eigenvalue weighted by molar-refractivity contribution is -0.945. The molecule has 0 radical (unpaired) electrons. The van der Waals surface area contributed by atoms with Crippen molar-refractivity contribution in [1.29, 1.82) is 0 Å². The topological polar surface area (TPSA) is 25.8 Å². The zero-order chi connectivity index (χ0) is 28.1. The van der Waals surface area contributed by atoms with E-state index in [2.05, 4.69) is 120 Å². The number of fused-ring (bicyclic) bond motifs is 6. The molecule has 11 rings (SSSR count). The van der Waals surface area contributed by atoms with Crippen LogP contribution in [0.15, 0.2) is 60.9 Å². The van der Waals surface area contributed by atoms with Crippen molar-refractivity contribution in [3.05, 3.63) is 106 Å². The van der Waals surface area contributed by atoms with E-state index in [0.29, 0.717) is 0 Å². The van der Waals surface area contributed by atoms with Crippen LogP contribution in [0.5, 0.6) is 11.5 Å². The maximum atomic E-state index is 6.91. The van der Waals surface area contributed by atoms with Crippen LogP contribution in [0.25, 0.3) is 54.6 Å². The molecule has 0 N–H and O–H groups in total. The molecule has 0 unspecified atom stereocenters. The van der Waals surface area contributed by atoms with E-state index in [1.807, 2.05) is 0 Å². The smallest absolute Gasteiger partial charge is 0.425 e. The summed E-state index contributed by atoms with van der Waals surface area (Å²) in [5.74, 6) is 1.90. The third-order valence-corrected chi connectivity index (χ3v) is 11.4. The molecule has 0 aliphatic carbocycles. The van der Waals surface area contributed by atoms with Crippen LogP contribution < -0.4 is 13.9 Å². The Hall–Kier alpha value is -4.90. The Kier molecular flexibility index (Phi) is 3.26. The second-order valence-corrected chi connectivity index (χ2v) is 12.8. The van der Waals surface area contributed by atoms with Crippen molar-refractivity contribution in [2.45, 2.75) is 47.2 Å². The number of aromatic nitrogens is 4. The number of aryl methyl sites for hydroxylation is 4. The minimum absolute atomic E-state index is 0.571. The molecule has 2 aromatic carbocycles. The zero-order valence-electron chi connectivity index (χ0n) is 24.5. The summed E-state index contributed by atoms with van der Waals surface area (Å²) < 4.78 is 17.0. The second kappa shape index (κ2) is 6.29. The molecular weight excluding hydrogens is 516 g/mol. The fourth-order valence-electron chi connectivity index (χ4n) is 9.30.